The SMILES string of the molecule is Cc1nc(SCCNC(=O)Nc2ccc(N3C(=O)CCC3C)cc2)n[nH]1. The number of hydrogen-bond donors (Lipinski definition) is 3. The number of thioether (sulfide) groups is 1. The number of nitrogens with zero attached hydrogens (tertiary/aromatic N) is 3. The number of benzene rings is 1. The van der Waals surface area contributed by atoms with Gasteiger partial charge in [-0.05, 0) is 44.5 Å². The third-order valence-corrected chi connectivity index (χ3v) is 4.93. The summed E-state index contributed by atoms with van der Waals surface area (Å²) in [7, 11) is 0. The van der Waals surface area contributed by atoms with Crippen molar-refractivity contribution >= 4 is 35.1 Å². The molecule has 0 bridgehead atoms. The number of H-pyrrole nitrogens is 1. The molecule has 8 nitrogen and oxygen atoms in total. The number of nitrogens with one attached hydrogen (secondary N) is 3. The van der Waals surface area contributed by atoms with Crippen molar-refractivity contribution in [2.45, 2.75) is 37.9 Å². The third-order valence-electron chi connectivity index (χ3n) is 4.08. The molecule has 1 aromatic heterocycles. The highest BCUT2D eigenvalue weighted by Gasteiger charge is 2.28. The van der Waals surface area contributed by atoms with Crippen molar-refractivity contribution in [1.29, 1.82) is 0 Å². The number of aromatic amines is 1. The zero-order valence-electron chi connectivity index (χ0n) is 14.8. The number of urea groups is 1. The highest BCUT2D eigenvalue weighted by atomic mass is 32.2. The van der Waals surface area contributed by atoms with Crippen molar-refractivity contribution in [2.24, 2.45) is 0 Å². The summed E-state index contributed by atoms with van der Waals surface area (Å²) in [4.78, 5) is 29.9. The molecule has 1 aliphatic rings. The van der Waals surface area contributed by atoms with Crippen LogP contribution >= 0.6 is 11.8 Å². The zero-order chi connectivity index (χ0) is 18.5. The lowest BCUT2D eigenvalue weighted by molar-refractivity contribution is -0.117. The lowest BCUT2D eigenvalue weighted by Crippen LogP contribution is -2.31. The molecular formula is C17H22N6O2S. The standard InChI is InChI=1S/C17H22N6O2S/c1-11-3-8-15(24)23(11)14-6-4-13(5-7-14)20-16(25)18-9-10-26-17-19-12(2)21-22-17/h4-7,11H,3,8-10H2,1-2H3,(H2,18,20,25)(H,19,21,22). The maximum absolute atomic E-state index is 11.9. The van der Waals surface area contributed by atoms with Gasteiger partial charge in [0.2, 0.25) is 11.1 Å². The van der Waals surface area contributed by atoms with E-state index in [1.807, 2.05) is 30.9 Å². The largest absolute Gasteiger partial charge is 0.337 e. The Hall–Kier alpha value is -2.55. The van der Waals surface area contributed by atoms with Gasteiger partial charge in [0.25, 0.3) is 0 Å². The van der Waals surface area contributed by atoms with Gasteiger partial charge in [0.1, 0.15) is 5.82 Å². The first-order valence-corrected chi connectivity index (χ1v) is 9.50. The fourth-order valence-corrected chi connectivity index (χ4v) is 3.50. The van der Waals surface area contributed by atoms with E-state index in [9.17, 15) is 9.59 Å². The monoisotopic (exact) mass is 374 g/mol. The summed E-state index contributed by atoms with van der Waals surface area (Å²) in [5, 5.41) is 13.0. The average Bonchev–Trinajstić information content (AvgIpc) is 3.18. The molecule has 2 aromatic rings. The average molecular weight is 374 g/mol. The van der Waals surface area contributed by atoms with Gasteiger partial charge in [0.05, 0.1) is 0 Å². The molecule has 2 heterocycles. The molecule has 3 rings (SSSR count). The van der Waals surface area contributed by atoms with Crippen LogP contribution < -0.4 is 15.5 Å². The van der Waals surface area contributed by atoms with Gasteiger partial charge in [0.15, 0.2) is 0 Å². The second kappa shape index (κ2) is 8.22. The van der Waals surface area contributed by atoms with Gasteiger partial charge < -0.3 is 15.5 Å². The lowest BCUT2D eigenvalue weighted by atomic mass is 10.2. The fourth-order valence-electron chi connectivity index (χ4n) is 2.80. The van der Waals surface area contributed by atoms with E-state index in [-0.39, 0.29) is 18.0 Å². The number of amides is 3. The summed E-state index contributed by atoms with van der Waals surface area (Å²) in [6.07, 6.45) is 1.47. The van der Waals surface area contributed by atoms with Gasteiger partial charge in [-0.3, -0.25) is 9.89 Å². The van der Waals surface area contributed by atoms with Gasteiger partial charge >= 0.3 is 6.03 Å². The van der Waals surface area contributed by atoms with E-state index in [0.717, 1.165) is 17.9 Å². The van der Waals surface area contributed by atoms with Crippen LogP contribution in [0.5, 0.6) is 0 Å². The van der Waals surface area contributed by atoms with E-state index in [2.05, 4.69) is 25.8 Å². The highest BCUT2D eigenvalue weighted by Crippen LogP contribution is 2.27. The van der Waals surface area contributed by atoms with Crippen LogP contribution in [0.25, 0.3) is 0 Å². The third kappa shape index (κ3) is 4.54. The predicted molar refractivity (Wildman–Crippen MR) is 101 cm³/mol. The van der Waals surface area contributed by atoms with Crippen LogP contribution in [0.2, 0.25) is 0 Å². The minimum absolute atomic E-state index is 0.148. The summed E-state index contributed by atoms with van der Waals surface area (Å²) in [5.74, 6) is 1.60. The first-order chi connectivity index (χ1) is 12.5. The van der Waals surface area contributed by atoms with Crippen molar-refractivity contribution in [2.75, 3.05) is 22.5 Å². The Morgan fingerprint density at radius 1 is 1.38 bits per heavy atom. The lowest BCUT2D eigenvalue weighted by Gasteiger charge is -2.22. The Morgan fingerprint density at radius 3 is 2.77 bits per heavy atom. The molecule has 1 atom stereocenters. The number of carbonyl (C=O) groups excluding carboxylic acids is 2. The number of aryl methyl sites for hydroxylation is 1. The molecule has 3 amide bonds. The fraction of sp³-hybridized carbons (Fsp3) is 0.412. The van der Waals surface area contributed by atoms with Gasteiger partial charge in [-0.1, -0.05) is 11.8 Å². The van der Waals surface area contributed by atoms with E-state index in [0.29, 0.717) is 29.6 Å². The van der Waals surface area contributed by atoms with Crippen molar-refractivity contribution in [3.8, 4) is 0 Å². The first-order valence-electron chi connectivity index (χ1n) is 8.51. The van der Waals surface area contributed by atoms with E-state index in [1.165, 1.54) is 11.8 Å². The minimum Gasteiger partial charge on any atom is -0.337 e. The number of hydrogen-bond acceptors (Lipinski definition) is 5. The summed E-state index contributed by atoms with van der Waals surface area (Å²) >= 11 is 1.47. The Labute approximate surface area is 156 Å². The molecule has 0 spiro atoms. The Bertz CT molecular complexity index is 776. The molecule has 26 heavy (non-hydrogen) atoms. The van der Waals surface area contributed by atoms with E-state index in [1.54, 1.807) is 12.1 Å². The Balaban J connectivity index is 1.43. The molecular weight excluding hydrogens is 352 g/mol. The van der Waals surface area contributed by atoms with Crippen LogP contribution in [0.15, 0.2) is 29.4 Å². The molecule has 0 saturated carbocycles. The summed E-state index contributed by atoms with van der Waals surface area (Å²) in [6.45, 7) is 4.39. The van der Waals surface area contributed by atoms with Gasteiger partial charge in [-0.15, -0.1) is 5.10 Å². The highest BCUT2D eigenvalue weighted by molar-refractivity contribution is 7.99. The molecule has 1 aliphatic heterocycles. The molecule has 0 aliphatic carbocycles. The van der Waals surface area contributed by atoms with Crippen LogP contribution in [-0.2, 0) is 4.79 Å². The van der Waals surface area contributed by atoms with Gasteiger partial charge in [0, 0.05) is 36.1 Å². The maximum Gasteiger partial charge on any atom is 0.319 e. The molecule has 0 radical (unpaired) electrons. The molecule has 1 aromatic carbocycles. The molecule has 138 valence electrons. The van der Waals surface area contributed by atoms with Gasteiger partial charge in [-0.2, -0.15) is 0 Å². The summed E-state index contributed by atoms with van der Waals surface area (Å²) < 4.78 is 0. The van der Waals surface area contributed by atoms with E-state index < -0.39 is 0 Å². The number of carbonyl (C=O) groups is 2. The van der Waals surface area contributed by atoms with Crippen LogP contribution in [0.1, 0.15) is 25.6 Å². The van der Waals surface area contributed by atoms with Crippen LogP contribution in [0.4, 0.5) is 16.2 Å². The second-order valence-electron chi connectivity index (χ2n) is 6.13. The van der Waals surface area contributed by atoms with Crippen molar-refractivity contribution in [1.82, 2.24) is 20.5 Å². The molecule has 1 fully saturated rings. The Morgan fingerprint density at radius 2 is 2.15 bits per heavy atom. The van der Waals surface area contributed by atoms with E-state index in [4.69, 9.17) is 0 Å². The summed E-state index contributed by atoms with van der Waals surface area (Å²) in [6, 6.07) is 7.27. The zero-order valence-corrected chi connectivity index (χ0v) is 15.6. The van der Waals surface area contributed by atoms with Crippen LogP contribution in [0, 0.1) is 6.92 Å². The summed E-state index contributed by atoms with van der Waals surface area (Å²) in [5.41, 5.74) is 1.55. The normalized spacial score (nSPS) is 16.8. The Kier molecular flexibility index (Phi) is 5.77. The number of aromatic nitrogens is 3. The molecule has 3 N–H and O–H groups in total. The minimum atomic E-state index is -0.268. The first kappa shape index (κ1) is 18.2. The predicted octanol–water partition coefficient (Wildman–Crippen LogP) is 2.54. The van der Waals surface area contributed by atoms with Crippen molar-refractivity contribution in [3.63, 3.8) is 0 Å². The number of rotatable bonds is 6. The smallest absolute Gasteiger partial charge is 0.319 e. The molecule has 9 heteroatoms. The molecule has 1 unspecified atom stereocenters. The quantitative estimate of drug-likeness (QED) is 0.533. The van der Waals surface area contributed by atoms with Crippen molar-refractivity contribution < 1.29 is 9.59 Å². The van der Waals surface area contributed by atoms with Crippen LogP contribution in [-0.4, -0.2) is 45.5 Å². The molecule has 1 saturated heterocycles. The second-order valence-corrected chi connectivity index (χ2v) is 7.19. The van der Waals surface area contributed by atoms with Gasteiger partial charge in [-0.25, -0.2) is 9.78 Å². The van der Waals surface area contributed by atoms with Crippen molar-refractivity contribution in [3.05, 3.63) is 30.1 Å². The maximum atomic E-state index is 11.9. The van der Waals surface area contributed by atoms with Crippen LogP contribution in [0.3, 0.4) is 0 Å². The number of anilines is 2. The van der Waals surface area contributed by atoms with E-state index >= 15 is 0 Å². The topological polar surface area (TPSA) is 103 Å².